The van der Waals surface area contributed by atoms with E-state index in [1.807, 2.05) is 29.7 Å². The van der Waals surface area contributed by atoms with Gasteiger partial charge in [-0.1, -0.05) is 0 Å². The van der Waals surface area contributed by atoms with Crippen LogP contribution in [-0.2, 0) is 9.84 Å². The van der Waals surface area contributed by atoms with Gasteiger partial charge in [0, 0.05) is 9.77 Å². The van der Waals surface area contributed by atoms with E-state index in [1.54, 1.807) is 6.21 Å². The van der Waals surface area contributed by atoms with Gasteiger partial charge in [0.2, 0.25) is 0 Å². The van der Waals surface area contributed by atoms with Crippen LogP contribution in [0.5, 0.6) is 0 Å². The van der Waals surface area contributed by atoms with Crippen molar-refractivity contribution in [3.8, 4) is 0 Å². The summed E-state index contributed by atoms with van der Waals surface area (Å²) in [4.78, 5) is 4.47. The zero-order valence-electron chi connectivity index (χ0n) is 11.5. The van der Waals surface area contributed by atoms with Crippen LogP contribution < -0.4 is 5.43 Å². The molecule has 0 aromatic carbocycles. The predicted octanol–water partition coefficient (Wildman–Crippen LogP) is 1.36. The maximum atomic E-state index is 11.4. The van der Waals surface area contributed by atoms with Crippen LogP contribution in [0.25, 0.3) is 5.65 Å². The standard InChI is InChI=1S/C13H15IN4O2S/c1-9-12(18-7-10(14)2-3-13(18)16-9)6-15-17-11-4-5-21(19,20)8-11/h2-3,6-7,11,17H,4-5,8H2,1H3/b15-6-/t11-/m0/s1. The minimum atomic E-state index is -2.88. The van der Waals surface area contributed by atoms with E-state index in [-0.39, 0.29) is 17.5 Å². The number of imidazole rings is 1. The highest BCUT2D eigenvalue weighted by Gasteiger charge is 2.27. The number of sulfone groups is 1. The van der Waals surface area contributed by atoms with Crippen molar-refractivity contribution >= 4 is 44.3 Å². The number of halogens is 1. The molecule has 0 unspecified atom stereocenters. The van der Waals surface area contributed by atoms with Crippen LogP contribution in [0.4, 0.5) is 0 Å². The number of hydrogen-bond acceptors (Lipinski definition) is 5. The zero-order chi connectivity index (χ0) is 15.0. The van der Waals surface area contributed by atoms with Crippen molar-refractivity contribution in [3.63, 3.8) is 0 Å². The second-order valence-electron chi connectivity index (χ2n) is 5.15. The van der Waals surface area contributed by atoms with Crippen molar-refractivity contribution in [1.82, 2.24) is 14.8 Å². The number of nitrogens with one attached hydrogen (secondary N) is 1. The van der Waals surface area contributed by atoms with Crippen LogP contribution in [-0.4, -0.2) is 41.6 Å². The topological polar surface area (TPSA) is 75.8 Å². The van der Waals surface area contributed by atoms with Gasteiger partial charge in [0.05, 0.1) is 35.2 Å². The number of aryl methyl sites for hydroxylation is 1. The average Bonchev–Trinajstić information content (AvgIpc) is 2.90. The van der Waals surface area contributed by atoms with Crippen molar-refractivity contribution in [1.29, 1.82) is 0 Å². The summed E-state index contributed by atoms with van der Waals surface area (Å²) >= 11 is 2.25. The highest BCUT2D eigenvalue weighted by Crippen LogP contribution is 2.14. The largest absolute Gasteiger partial charge is 0.306 e. The molecule has 3 rings (SSSR count). The van der Waals surface area contributed by atoms with Crippen molar-refractivity contribution in [2.45, 2.75) is 19.4 Å². The molecular formula is C13H15IN4O2S. The smallest absolute Gasteiger partial charge is 0.152 e. The second kappa shape index (κ2) is 5.56. The molecule has 3 heterocycles. The maximum Gasteiger partial charge on any atom is 0.152 e. The monoisotopic (exact) mass is 418 g/mol. The van der Waals surface area contributed by atoms with Crippen molar-refractivity contribution < 1.29 is 8.42 Å². The van der Waals surface area contributed by atoms with E-state index in [0.717, 1.165) is 20.6 Å². The molecule has 0 saturated carbocycles. The van der Waals surface area contributed by atoms with E-state index < -0.39 is 9.84 Å². The third kappa shape index (κ3) is 3.20. The van der Waals surface area contributed by atoms with Crippen molar-refractivity contribution in [3.05, 3.63) is 33.3 Å². The summed E-state index contributed by atoms with van der Waals surface area (Å²) in [6.45, 7) is 1.93. The van der Waals surface area contributed by atoms with Gasteiger partial charge in [-0.3, -0.25) is 4.40 Å². The lowest BCUT2D eigenvalue weighted by Crippen LogP contribution is -2.25. The molecule has 0 radical (unpaired) electrons. The third-order valence-electron chi connectivity index (χ3n) is 3.48. The van der Waals surface area contributed by atoms with E-state index in [0.29, 0.717) is 6.42 Å². The molecule has 0 bridgehead atoms. The fourth-order valence-electron chi connectivity index (χ4n) is 2.41. The van der Waals surface area contributed by atoms with E-state index in [4.69, 9.17) is 0 Å². The molecule has 8 heteroatoms. The van der Waals surface area contributed by atoms with Gasteiger partial charge < -0.3 is 5.43 Å². The number of rotatable bonds is 3. The average molecular weight is 418 g/mol. The van der Waals surface area contributed by atoms with Gasteiger partial charge in [-0.25, -0.2) is 13.4 Å². The first-order valence-electron chi connectivity index (χ1n) is 6.58. The number of hydrazone groups is 1. The minimum absolute atomic E-state index is 0.0918. The second-order valence-corrected chi connectivity index (χ2v) is 8.62. The first-order chi connectivity index (χ1) is 9.94. The van der Waals surface area contributed by atoms with Crippen LogP contribution in [0.1, 0.15) is 17.8 Å². The Bertz CT molecular complexity index is 813. The van der Waals surface area contributed by atoms with E-state index >= 15 is 0 Å². The summed E-state index contributed by atoms with van der Waals surface area (Å²) < 4.78 is 25.9. The lowest BCUT2D eigenvalue weighted by Gasteiger charge is -2.05. The van der Waals surface area contributed by atoms with E-state index in [9.17, 15) is 8.42 Å². The van der Waals surface area contributed by atoms with Gasteiger partial charge in [0.25, 0.3) is 0 Å². The number of pyridine rings is 1. The van der Waals surface area contributed by atoms with Gasteiger partial charge in [-0.15, -0.1) is 0 Å². The van der Waals surface area contributed by atoms with Gasteiger partial charge >= 0.3 is 0 Å². The normalized spacial score (nSPS) is 21.3. The molecule has 2 aromatic rings. The molecule has 0 spiro atoms. The summed E-state index contributed by atoms with van der Waals surface area (Å²) in [5.74, 6) is 0.404. The summed E-state index contributed by atoms with van der Waals surface area (Å²) in [7, 11) is -2.88. The highest BCUT2D eigenvalue weighted by atomic mass is 127. The Morgan fingerprint density at radius 3 is 3.05 bits per heavy atom. The number of hydrogen-bond donors (Lipinski definition) is 1. The van der Waals surface area contributed by atoms with Gasteiger partial charge in [0.1, 0.15) is 5.65 Å². The van der Waals surface area contributed by atoms with Crippen LogP contribution >= 0.6 is 22.6 Å². The molecule has 6 nitrogen and oxygen atoms in total. The Kier molecular flexibility index (Phi) is 3.91. The Hall–Kier alpha value is -1.16. The quantitative estimate of drug-likeness (QED) is 0.464. The SMILES string of the molecule is Cc1nc2ccc(I)cn2c1/C=N\N[C@H]1CCS(=O)(=O)C1. The molecule has 0 amide bonds. The Balaban J connectivity index is 1.80. The molecule has 0 aliphatic carbocycles. The van der Waals surface area contributed by atoms with Crippen molar-refractivity contribution in [2.75, 3.05) is 11.5 Å². The Morgan fingerprint density at radius 2 is 2.33 bits per heavy atom. The number of nitrogens with zero attached hydrogens (tertiary/aromatic N) is 3. The summed E-state index contributed by atoms with van der Waals surface area (Å²) in [5, 5.41) is 4.20. The van der Waals surface area contributed by atoms with Gasteiger partial charge in [-0.05, 0) is 48.1 Å². The molecule has 112 valence electrons. The fourth-order valence-corrected chi connectivity index (χ4v) is 4.53. The first-order valence-corrected chi connectivity index (χ1v) is 9.48. The van der Waals surface area contributed by atoms with Crippen molar-refractivity contribution in [2.24, 2.45) is 5.10 Å². The van der Waals surface area contributed by atoms with Crippen LogP contribution in [0.2, 0.25) is 0 Å². The summed E-state index contributed by atoms with van der Waals surface area (Å²) in [5.41, 5.74) is 5.59. The minimum Gasteiger partial charge on any atom is -0.306 e. The van der Waals surface area contributed by atoms with E-state index in [2.05, 4.69) is 38.1 Å². The van der Waals surface area contributed by atoms with Crippen LogP contribution in [0.15, 0.2) is 23.4 Å². The predicted molar refractivity (Wildman–Crippen MR) is 90.4 cm³/mol. The fraction of sp³-hybridized carbons (Fsp3) is 0.385. The Labute approximate surface area is 136 Å². The molecule has 1 fully saturated rings. The first kappa shape index (κ1) is 14.8. The molecule has 1 saturated heterocycles. The summed E-state index contributed by atoms with van der Waals surface area (Å²) in [6, 6.07) is 3.87. The molecule has 1 aliphatic heterocycles. The lowest BCUT2D eigenvalue weighted by molar-refractivity contribution is 0.578. The lowest BCUT2D eigenvalue weighted by atomic mass is 10.3. The Morgan fingerprint density at radius 1 is 1.52 bits per heavy atom. The third-order valence-corrected chi connectivity index (χ3v) is 5.89. The molecule has 1 atom stereocenters. The molecule has 1 N–H and O–H groups in total. The molecule has 1 aliphatic rings. The number of aromatic nitrogens is 2. The maximum absolute atomic E-state index is 11.4. The molecular weight excluding hydrogens is 403 g/mol. The van der Waals surface area contributed by atoms with Gasteiger partial charge in [-0.2, -0.15) is 5.10 Å². The number of fused-ring (bicyclic) bond motifs is 1. The van der Waals surface area contributed by atoms with E-state index in [1.165, 1.54) is 0 Å². The molecule has 2 aromatic heterocycles. The zero-order valence-corrected chi connectivity index (χ0v) is 14.4. The van der Waals surface area contributed by atoms with Gasteiger partial charge in [0.15, 0.2) is 9.84 Å². The highest BCUT2D eigenvalue weighted by molar-refractivity contribution is 14.1. The van der Waals surface area contributed by atoms with Crippen LogP contribution in [0.3, 0.4) is 0 Å². The molecule has 21 heavy (non-hydrogen) atoms. The summed E-state index contributed by atoms with van der Waals surface area (Å²) in [6.07, 6.45) is 4.32. The van der Waals surface area contributed by atoms with Crippen LogP contribution in [0, 0.1) is 10.5 Å².